The molecule has 0 aromatic heterocycles. The molecule has 1 N–H and O–H groups in total. The predicted molar refractivity (Wildman–Crippen MR) is 70.4 cm³/mol. The van der Waals surface area contributed by atoms with Gasteiger partial charge in [-0.3, -0.25) is 9.59 Å². The van der Waals surface area contributed by atoms with Crippen molar-refractivity contribution in [3.8, 4) is 0 Å². The molecule has 1 amide bonds. The van der Waals surface area contributed by atoms with Crippen molar-refractivity contribution in [1.82, 2.24) is 0 Å². The van der Waals surface area contributed by atoms with Crippen LogP contribution in [0.5, 0.6) is 0 Å². The van der Waals surface area contributed by atoms with E-state index in [0.29, 0.717) is 30.3 Å². The highest BCUT2D eigenvalue weighted by molar-refractivity contribution is 6.31. The second kappa shape index (κ2) is 6.04. The normalized spacial score (nSPS) is 18.3. The van der Waals surface area contributed by atoms with E-state index >= 15 is 0 Å². The Bertz CT molecular complexity index is 485. The molecule has 1 atom stereocenters. The standard InChI is InChI=1S/C13H14ClNO4/c14-10-2-1-3-11(6-10)15(7-12(16)17)13(18)9-4-5-19-8-9/h1-3,6,9H,4-5,7-8H2,(H,16,17). The molecule has 1 aromatic rings. The van der Waals surface area contributed by atoms with Gasteiger partial charge in [0.25, 0.3) is 0 Å². The van der Waals surface area contributed by atoms with Crippen LogP contribution in [0.15, 0.2) is 24.3 Å². The maximum Gasteiger partial charge on any atom is 0.323 e. The van der Waals surface area contributed by atoms with Crippen molar-refractivity contribution in [2.24, 2.45) is 5.92 Å². The number of carboxylic acids is 1. The summed E-state index contributed by atoms with van der Waals surface area (Å²) in [5, 5.41) is 9.41. The first-order chi connectivity index (χ1) is 9.08. The van der Waals surface area contributed by atoms with Gasteiger partial charge in [-0.25, -0.2) is 0 Å². The van der Waals surface area contributed by atoms with Gasteiger partial charge < -0.3 is 14.7 Å². The highest BCUT2D eigenvalue weighted by Crippen LogP contribution is 2.23. The highest BCUT2D eigenvalue weighted by atomic mass is 35.5. The summed E-state index contributed by atoms with van der Waals surface area (Å²) in [4.78, 5) is 24.5. The van der Waals surface area contributed by atoms with Crippen molar-refractivity contribution < 1.29 is 19.4 Å². The van der Waals surface area contributed by atoms with Gasteiger partial charge in [0.05, 0.1) is 12.5 Å². The second-order valence-electron chi connectivity index (χ2n) is 4.36. The average Bonchev–Trinajstić information content (AvgIpc) is 2.88. The lowest BCUT2D eigenvalue weighted by atomic mass is 10.1. The van der Waals surface area contributed by atoms with Crippen LogP contribution >= 0.6 is 11.6 Å². The Morgan fingerprint density at radius 3 is 2.84 bits per heavy atom. The molecule has 2 rings (SSSR count). The van der Waals surface area contributed by atoms with Gasteiger partial charge in [0.1, 0.15) is 6.54 Å². The molecule has 0 spiro atoms. The molecule has 1 saturated heterocycles. The molecule has 6 heteroatoms. The van der Waals surface area contributed by atoms with Gasteiger partial charge in [0.2, 0.25) is 5.91 Å². The third-order valence-corrected chi connectivity index (χ3v) is 3.19. The maximum atomic E-state index is 12.3. The molecular weight excluding hydrogens is 270 g/mol. The molecule has 0 bridgehead atoms. The summed E-state index contributed by atoms with van der Waals surface area (Å²) in [5.41, 5.74) is 0.492. The van der Waals surface area contributed by atoms with Crippen LogP contribution in [0.25, 0.3) is 0 Å². The van der Waals surface area contributed by atoms with Gasteiger partial charge in [-0.05, 0) is 24.6 Å². The molecule has 19 heavy (non-hydrogen) atoms. The van der Waals surface area contributed by atoms with Crippen LogP contribution in [0, 0.1) is 5.92 Å². The first-order valence-corrected chi connectivity index (χ1v) is 6.32. The summed E-state index contributed by atoms with van der Waals surface area (Å²) >= 11 is 5.88. The number of hydrogen-bond acceptors (Lipinski definition) is 3. The van der Waals surface area contributed by atoms with Gasteiger partial charge in [0.15, 0.2) is 0 Å². The molecule has 1 aliphatic heterocycles. The number of rotatable bonds is 4. The van der Waals surface area contributed by atoms with Crippen molar-refractivity contribution in [1.29, 1.82) is 0 Å². The summed E-state index contributed by atoms with van der Waals surface area (Å²) < 4.78 is 5.17. The van der Waals surface area contributed by atoms with E-state index in [1.54, 1.807) is 24.3 Å². The fourth-order valence-corrected chi connectivity index (χ4v) is 2.21. The first-order valence-electron chi connectivity index (χ1n) is 5.94. The zero-order chi connectivity index (χ0) is 13.8. The fourth-order valence-electron chi connectivity index (χ4n) is 2.03. The summed E-state index contributed by atoms with van der Waals surface area (Å²) in [6.45, 7) is 0.498. The number of amides is 1. The topological polar surface area (TPSA) is 66.8 Å². The summed E-state index contributed by atoms with van der Waals surface area (Å²) in [7, 11) is 0. The average molecular weight is 284 g/mol. The van der Waals surface area contributed by atoms with Gasteiger partial charge in [0, 0.05) is 17.3 Å². The van der Waals surface area contributed by atoms with Crippen molar-refractivity contribution in [2.45, 2.75) is 6.42 Å². The molecule has 0 saturated carbocycles. The van der Waals surface area contributed by atoms with E-state index in [2.05, 4.69) is 0 Å². The van der Waals surface area contributed by atoms with Gasteiger partial charge >= 0.3 is 5.97 Å². The minimum atomic E-state index is -1.06. The van der Waals surface area contributed by atoms with Crippen LogP contribution in [0.3, 0.4) is 0 Å². The molecule has 0 aliphatic carbocycles. The number of benzene rings is 1. The number of anilines is 1. The minimum Gasteiger partial charge on any atom is -0.480 e. The number of carboxylic acid groups (broad SMARTS) is 1. The summed E-state index contributed by atoms with van der Waals surface area (Å²) in [6, 6.07) is 6.61. The Kier molecular flexibility index (Phi) is 4.39. The van der Waals surface area contributed by atoms with Crippen LogP contribution in [0.4, 0.5) is 5.69 Å². The van der Waals surface area contributed by atoms with E-state index in [-0.39, 0.29) is 18.4 Å². The first kappa shape index (κ1) is 13.8. The van der Waals surface area contributed by atoms with Crippen LogP contribution < -0.4 is 4.90 Å². The molecule has 1 fully saturated rings. The molecule has 1 aliphatic rings. The van der Waals surface area contributed by atoms with Crippen LogP contribution in [-0.2, 0) is 14.3 Å². The monoisotopic (exact) mass is 283 g/mol. The van der Waals surface area contributed by atoms with Crippen molar-refractivity contribution >= 4 is 29.2 Å². The molecule has 1 unspecified atom stereocenters. The van der Waals surface area contributed by atoms with Crippen LogP contribution in [0.2, 0.25) is 5.02 Å². The lowest BCUT2D eigenvalue weighted by Crippen LogP contribution is -2.40. The highest BCUT2D eigenvalue weighted by Gasteiger charge is 2.30. The number of aliphatic carboxylic acids is 1. The number of hydrogen-bond donors (Lipinski definition) is 1. The molecule has 1 aromatic carbocycles. The molecule has 0 radical (unpaired) electrons. The lowest BCUT2D eigenvalue weighted by molar-refractivity contribution is -0.137. The Morgan fingerprint density at radius 2 is 2.26 bits per heavy atom. The zero-order valence-electron chi connectivity index (χ0n) is 10.2. The Labute approximate surface area is 115 Å². The minimum absolute atomic E-state index is 0.234. The van der Waals surface area contributed by atoms with Gasteiger partial charge in [-0.1, -0.05) is 17.7 Å². The second-order valence-corrected chi connectivity index (χ2v) is 4.79. The molecule has 5 nitrogen and oxygen atoms in total. The summed E-state index contributed by atoms with van der Waals surface area (Å²) in [5.74, 6) is -1.58. The quantitative estimate of drug-likeness (QED) is 0.915. The Hall–Kier alpha value is -1.59. The SMILES string of the molecule is O=C(O)CN(C(=O)C1CCOC1)c1cccc(Cl)c1. The molecular formula is C13H14ClNO4. The Balaban J connectivity index is 2.24. The van der Waals surface area contributed by atoms with E-state index in [9.17, 15) is 9.59 Å². The zero-order valence-corrected chi connectivity index (χ0v) is 11.0. The van der Waals surface area contributed by atoms with Crippen molar-refractivity contribution in [3.05, 3.63) is 29.3 Å². The van der Waals surface area contributed by atoms with Crippen LogP contribution in [-0.4, -0.2) is 36.7 Å². The number of ether oxygens (including phenoxy) is 1. The number of carbonyl (C=O) groups is 2. The largest absolute Gasteiger partial charge is 0.480 e. The van der Waals surface area contributed by atoms with Crippen LogP contribution in [0.1, 0.15) is 6.42 Å². The van der Waals surface area contributed by atoms with Crippen molar-refractivity contribution in [2.75, 3.05) is 24.7 Å². The molecule has 1 heterocycles. The summed E-state index contributed by atoms with van der Waals surface area (Å²) in [6.07, 6.45) is 0.621. The number of halogens is 1. The Morgan fingerprint density at radius 1 is 1.47 bits per heavy atom. The van der Waals surface area contributed by atoms with E-state index in [1.165, 1.54) is 4.90 Å². The molecule has 102 valence electrons. The number of nitrogens with zero attached hydrogens (tertiary/aromatic N) is 1. The van der Waals surface area contributed by atoms with E-state index < -0.39 is 5.97 Å². The number of carbonyl (C=O) groups excluding carboxylic acids is 1. The third-order valence-electron chi connectivity index (χ3n) is 2.96. The maximum absolute atomic E-state index is 12.3. The van der Waals surface area contributed by atoms with Gasteiger partial charge in [-0.2, -0.15) is 0 Å². The lowest BCUT2D eigenvalue weighted by Gasteiger charge is -2.23. The van der Waals surface area contributed by atoms with E-state index in [0.717, 1.165) is 0 Å². The van der Waals surface area contributed by atoms with Gasteiger partial charge in [-0.15, -0.1) is 0 Å². The smallest absolute Gasteiger partial charge is 0.323 e. The fraction of sp³-hybridized carbons (Fsp3) is 0.385. The third kappa shape index (κ3) is 3.45. The van der Waals surface area contributed by atoms with E-state index in [4.69, 9.17) is 21.4 Å². The van der Waals surface area contributed by atoms with Crippen molar-refractivity contribution in [3.63, 3.8) is 0 Å². The van der Waals surface area contributed by atoms with E-state index in [1.807, 2.05) is 0 Å². The predicted octanol–water partition coefficient (Wildman–Crippen LogP) is 1.79.